The highest BCUT2D eigenvalue weighted by atomic mass is 35.5. The molecule has 1 aromatic rings. The van der Waals surface area contributed by atoms with Crippen molar-refractivity contribution in [3.63, 3.8) is 0 Å². The second-order valence-corrected chi connectivity index (χ2v) is 3.95. The molecule has 15 heavy (non-hydrogen) atoms. The molecule has 1 aromatic heterocycles. The zero-order valence-corrected chi connectivity index (χ0v) is 9.07. The van der Waals surface area contributed by atoms with Crippen molar-refractivity contribution in [3.05, 3.63) is 29.0 Å². The lowest BCUT2D eigenvalue weighted by atomic mass is 10.2. The van der Waals surface area contributed by atoms with E-state index in [0.717, 1.165) is 5.56 Å². The van der Waals surface area contributed by atoms with Crippen LogP contribution < -0.4 is 0 Å². The minimum absolute atomic E-state index is 0.0299. The van der Waals surface area contributed by atoms with E-state index in [1.54, 1.807) is 17.2 Å². The summed E-state index contributed by atoms with van der Waals surface area (Å²) >= 11 is 5.66. The third-order valence-corrected chi connectivity index (χ3v) is 2.42. The van der Waals surface area contributed by atoms with E-state index in [1.807, 2.05) is 13.0 Å². The topological polar surface area (TPSA) is 42.4 Å². The van der Waals surface area contributed by atoms with Crippen molar-refractivity contribution < 1.29 is 9.53 Å². The van der Waals surface area contributed by atoms with E-state index in [1.165, 1.54) is 0 Å². The summed E-state index contributed by atoms with van der Waals surface area (Å²) in [5.41, 5.74) is 0.949. The monoisotopic (exact) mass is 226 g/mol. The van der Waals surface area contributed by atoms with Crippen LogP contribution in [-0.2, 0) is 11.3 Å². The summed E-state index contributed by atoms with van der Waals surface area (Å²) in [5, 5.41) is 0.455. The number of ether oxygens (including phenoxy) is 1. The molecule has 5 heteroatoms. The van der Waals surface area contributed by atoms with Crippen LogP contribution in [0.5, 0.6) is 0 Å². The molecule has 2 heterocycles. The molecule has 0 spiro atoms. The fraction of sp³-hybridized carbons (Fsp3) is 0.400. The second kappa shape index (κ2) is 4.06. The summed E-state index contributed by atoms with van der Waals surface area (Å²) in [4.78, 5) is 16.9. The molecule has 0 saturated carbocycles. The van der Waals surface area contributed by atoms with Gasteiger partial charge in [0.25, 0.3) is 0 Å². The maximum Gasteiger partial charge on any atom is 0.410 e. The highest BCUT2D eigenvalue weighted by Gasteiger charge is 2.27. The van der Waals surface area contributed by atoms with Crippen LogP contribution in [0.4, 0.5) is 4.79 Å². The first-order chi connectivity index (χ1) is 7.15. The number of aromatic nitrogens is 1. The predicted octanol–water partition coefficient (Wildman–Crippen LogP) is 2.08. The quantitative estimate of drug-likeness (QED) is 0.725. The van der Waals surface area contributed by atoms with E-state index < -0.39 is 0 Å². The van der Waals surface area contributed by atoms with E-state index in [-0.39, 0.29) is 12.2 Å². The lowest BCUT2D eigenvalue weighted by molar-refractivity contribution is 0.137. The SMILES string of the molecule is C[C@@H]1CN(Cc2ccc(Cl)nc2)C(=O)O1. The number of rotatable bonds is 2. The Kier molecular flexibility index (Phi) is 2.77. The van der Waals surface area contributed by atoms with Crippen molar-refractivity contribution in [2.24, 2.45) is 0 Å². The molecule has 1 saturated heterocycles. The maximum atomic E-state index is 11.3. The minimum Gasteiger partial charge on any atom is -0.444 e. The first-order valence-corrected chi connectivity index (χ1v) is 5.09. The van der Waals surface area contributed by atoms with Crippen LogP contribution in [-0.4, -0.2) is 28.6 Å². The lowest BCUT2D eigenvalue weighted by Gasteiger charge is -2.11. The van der Waals surface area contributed by atoms with Crippen LogP contribution in [0.1, 0.15) is 12.5 Å². The Hall–Kier alpha value is -1.29. The molecule has 1 amide bonds. The average Bonchev–Trinajstić information content (AvgIpc) is 2.49. The molecule has 0 unspecified atom stereocenters. The van der Waals surface area contributed by atoms with E-state index in [4.69, 9.17) is 16.3 Å². The Morgan fingerprint density at radius 1 is 1.67 bits per heavy atom. The van der Waals surface area contributed by atoms with Gasteiger partial charge in [0.15, 0.2) is 0 Å². The number of cyclic esters (lactones) is 1. The number of pyridine rings is 1. The first-order valence-electron chi connectivity index (χ1n) is 4.71. The van der Waals surface area contributed by atoms with Crippen LogP contribution in [0.2, 0.25) is 5.15 Å². The number of hydrogen-bond acceptors (Lipinski definition) is 3. The Labute approximate surface area is 92.8 Å². The van der Waals surface area contributed by atoms with E-state index in [2.05, 4.69) is 4.98 Å². The molecule has 0 aliphatic carbocycles. The highest BCUT2D eigenvalue weighted by molar-refractivity contribution is 6.29. The van der Waals surface area contributed by atoms with Gasteiger partial charge in [0.05, 0.1) is 13.1 Å². The van der Waals surface area contributed by atoms with Crippen molar-refractivity contribution in [1.29, 1.82) is 0 Å². The third kappa shape index (κ3) is 2.39. The normalized spacial score (nSPS) is 20.5. The summed E-state index contributed by atoms with van der Waals surface area (Å²) in [6, 6.07) is 3.56. The van der Waals surface area contributed by atoms with E-state index >= 15 is 0 Å². The standard InChI is InChI=1S/C10H11ClN2O2/c1-7-5-13(10(14)15-7)6-8-2-3-9(11)12-4-8/h2-4,7H,5-6H2,1H3/t7-/m1/s1. The van der Waals surface area contributed by atoms with Crippen LogP contribution >= 0.6 is 11.6 Å². The fourth-order valence-corrected chi connectivity index (χ4v) is 1.63. The lowest BCUT2D eigenvalue weighted by Crippen LogP contribution is -2.24. The molecule has 1 fully saturated rings. The van der Waals surface area contributed by atoms with Gasteiger partial charge in [-0.25, -0.2) is 9.78 Å². The molecule has 80 valence electrons. The fourth-order valence-electron chi connectivity index (χ4n) is 1.52. The Morgan fingerprint density at radius 2 is 2.47 bits per heavy atom. The molecular weight excluding hydrogens is 216 g/mol. The predicted molar refractivity (Wildman–Crippen MR) is 55.6 cm³/mol. The maximum absolute atomic E-state index is 11.3. The molecule has 1 atom stereocenters. The molecule has 2 rings (SSSR count). The van der Waals surface area contributed by atoms with Gasteiger partial charge >= 0.3 is 6.09 Å². The summed E-state index contributed by atoms with van der Waals surface area (Å²) in [5.74, 6) is 0. The Morgan fingerprint density at radius 3 is 3.00 bits per heavy atom. The van der Waals surface area contributed by atoms with Crippen LogP contribution in [0.25, 0.3) is 0 Å². The smallest absolute Gasteiger partial charge is 0.410 e. The number of amides is 1. The van der Waals surface area contributed by atoms with Crippen molar-refractivity contribution >= 4 is 17.7 Å². The molecule has 4 nitrogen and oxygen atoms in total. The zero-order chi connectivity index (χ0) is 10.8. The number of carbonyl (C=O) groups is 1. The van der Waals surface area contributed by atoms with Crippen molar-refractivity contribution in [1.82, 2.24) is 9.88 Å². The van der Waals surface area contributed by atoms with Crippen LogP contribution in [0.15, 0.2) is 18.3 Å². The Bertz CT molecular complexity index is 366. The van der Waals surface area contributed by atoms with Crippen molar-refractivity contribution in [2.45, 2.75) is 19.6 Å². The number of carbonyl (C=O) groups excluding carboxylic acids is 1. The molecule has 0 bridgehead atoms. The molecule has 0 aromatic carbocycles. The van der Waals surface area contributed by atoms with Gasteiger partial charge in [0, 0.05) is 6.20 Å². The summed E-state index contributed by atoms with van der Waals surface area (Å²) in [6.45, 7) is 3.02. The van der Waals surface area contributed by atoms with Crippen molar-refractivity contribution in [3.8, 4) is 0 Å². The van der Waals surface area contributed by atoms with Crippen LogP contribution in [0, 0.1) is 0 Å². The number of hydrogen-bond donors (Lipinski definition) is 0. The summed E-state index contributed by atoms with van der Waals surface area (Å²) < 4.78 is 5.01. The van der Waals surface area contributed by atoms with Crippen LogP contribution in [0.3, 0.4) is 0 Å². The van der Waals surface area contributed by atoms with Gasteiger partial charge in [0.2, 0.25) is 0 Å². The third-order valence-electron chi connectivity index (χ3n) is 2.20. The molecule has 0 radical (unpaired) electrons. The number of halogens is 1. The van der Waals surface area contributed by atoms with E-state index in [9.17, 15) is 4.79 Å². The first kappa shape index (κ1) is 10.2. The zero-order valence-electron chi connectivity index (χ0n) is 8.31. The minimum atomic E-state index is -0.266. The second-order valence-electron chi connectivity index (χ2n) is 3.56. The van der Waals surface area contributed by atoms with Crippen molar-refractivity contribution in [2.75, 3.05) is 6.54 Å². The average molecular weight is 227 g/mol. The van der Waals surface area contributed by atoms with Gasteiger partial charge in [-0.1, -0.05) is 17.7 Å². The van der Waals surface area contributed by atoms with Gasteiger partial charge in [0.1, 0.15) is 11.3 Å². The molecule has 0 N–H and O–H groups in total. The van der Waals surface area contributed by atoms with Gasteiger partial charge < -0.3 is 9.64 Å². The van der Waals surface area contributed by atoms with Gasteiger partial charge in [-0.05, 0) is 18.6 Å². The summed E-state index contributed by atoms with van der Waals surface area (Å²) in [7, 11) is 0. The highest BCUT2D eigenvalue weighted by Crippen LogP contribution is 2.15. The Balaban J connectivity index is 2.03. The van der Waals surface area contributed by atoms with Gasteiger partial charge in [-0.15, -0.1) is 0 Å². The molecular formula is C10H11ClN2O2. The summed E-state index contributed by atoms with van der Waals surface area (Å²) in [6.07, 6.45) is 1.37. The van der Waals surface area contributed by atoms with Gasteiger partial charge in [-0.2, -0.15) is 0 Å². The number of nitrogens with zero attached hydrogens (tertiary/aromatic N) is 2. The molecule has 1 aliphatic heterocycles. The van der Waals surface area contributed by atoms with E-state index in [0.29, 0.717) is 18.2 Å². The largest absolute Gasteiger partial charge is 0.444 e. The van der Waals surface area contributed by atoms with Gasteiger partial charge in [-0.3, -0.25) is 0 Å². The molecule has 1 aliphatic rings.